The highest BCUT2D eigenvalue weighted by Crippen LogP contribution is 2.26. The van der Waals surface area contributed by atoms with E-state index in [2.05, 4.69) is 31.1 Å². The predicted octanol–water partition coefficient (Wildman–Crippen LogP) is 2.70. The van der Waals surface area contributed by atoms with Crippen molar-refractivity contribution in [3.05, 3.63) is 33.7 Å². The highest BCUT2D eigenvalue weighted by atomic mass is 32.1. The number of carbonyl (C=O) groups excluding carboxylic acids is 1. The molecule has 0 aliphatic rings. The Morgan fingerprint density at radius 1 is 1.33 bits per heavy atom. The van der Waals surface area contributed by atoms with Crippen molar-refractivity contribution in [2.24, 2.45) is 5.41 Å². The number of amides is 1. The average Bonchev–Trinajstić information content (AvgIpc) is 2.73. The molecule has 1 N–H and O–H groups in total. The highest BCUT2D eigenvalue weighted by Gasteiger charge is 2.28. The van der Waals surface area contributed by atoms with Gasteiger partial charge in [-0.1, -0.05) is 20.8 Å². The molecule has 2 heterocycles. The number of rotatable bonds is 3. The minimum Gasteiger partial charge on any atom is -0.347 e. The summed E-state index contributed by atoms with van der Waals surface area (Å²) in [5, 5.41) is 4.71. The number of hydrogen-bond donors (Lipinski definition) is 1. The Bertz CT molecular complexity index is 722. The van der Waals surface area contributed by atoms with Gasteiger partial charge in [0.1, 0.15) is 5.56 Å². The quantitative estimate of drug-likeness (QED) is 0.948. The van der Waals surface area contributed by atoms with Crippen LogP contribution < -0.4 is 10.9 Å². The molecule has 0 saturated heterocycles. The van der Waals surface area contributed by atoms with E-state index in [1.54, 1.807) is 11.6 Å². The Labute approximate surface area is 128 Å². The van der Waals surface area contributed by atoms with E-state index in [1.165, 1.54) is 21.9 Å². The molecule has 2 rings (SSSR count). The van der Waals surface area contributed by atoms with Gasteiger partial charge in [0.05, 0.1) is 0 Å². The second-order valence-electron chi connectivity index (χ2n) is 7.11. The summed E-state index contributed by atoms with van der Waals surface area (Å²) in [5.41, 5.74) is -0.560. The molecular formula is C15H21N3O2S. The number of nitrogens with zero attached hydrogens (tertiary/aromatic N) is 2. The monoisotopic (exact) mass is 307 g/mol. The van der Waals surface area contributed by atoms with Crippen LogP contribution in [-0.4, -0.2) is 20.8 Å². The molecule has 6 heteroatoms. The van der Waals surface area contributed by atoms with Crippen molar-refractivity contribution in [1.29, 1.82) is 0 Å². The largest absolute Gasteiger partial charge is 0.347 e. The standard InChI is InChI=1S/C15H21N3O2S/c1-14(2,3)9-15(4,5)17-11(19)10-8-16-13-18(12(10)20)6-7-21-13/h6-8H,9H2,1-5H3,(H,17,19). The molecule has 0 bridgehead atoms. The van der Waals surface area contributed by atoms with Crippen LogP contribution in [0.2, 0.25) is 0 Å². The van der Waals surface area contributed by atoms with Crippen molar-refractivity contribution in [3.63, 3.8) is 0 Å². The zero-order valence-electron chi connectivity index (χ0n) is 13.1. The fraction of sp³-hybridized carbons (Fsp3) is 0.533. The maximum atomic E-state index is 12.4. The zero-order valence-corrected chi connectivity index (χ0v) is 13.9. The first-order valence-electron chi connectivity index (χ1n) is 6.86. The van der Waals surface area contributed by atoms with Gasteiger partial charge in [-0.05, 0) is 25.7 Å². The summed E-state index contributed by atoms with van der Waals surface area (Å²) < 4.78 is 1.40. The van der Waals surface area contributed by atoms with Crippen LogP contribution in [0.15, 0.2) is 22.6 Å². The molecule has 0 radical (unpaired) electrons. The van der Waals surface area contributed by atoms with Crippen molar-refractivity contribution in [2.75, 3.05) is 0 Å². The predicted molar refractivity (Wildman–Crippen MR) is 85.0 cm³/mol. The van der Waals surface area contributed by atoms with Crippen LogP contribution in [0.3, 0.4) is 0 Å². The molecule has 0 fully saturated rings. The van der Waals surface area contributed by atoms with Crippen molar-refractivity contribution < 1.29 is 4.79 Å². The lowest BCUT2D eigenvalue weighted by Crippen LogP contribution is -2.47. The van der Waals surface area contributed by atoms with E-state index in [0.717, 1.165) is 6.42 Å². The zero-order chi connectivity index (χ0) is 15.8. The maximum absolute atomic E-state index is 12.4. The fourth-order valence-electron chi connectivity index (χ4n) is 2.73. The van der Waals surface area contributed by atoms with Gasteiger partial charge < -0.3 is 5.32 Å². The average molecular weight is 307 g/mol. The molecule has 0 aliphatic heterocycles. The van der Waals surface area contributed by atoms with Gasteiger partial charge in [0.15, 0.2) is 4.96 Å². The van der Waals surface area contributed by atoms with Crippen molar-refractivity contribution in [1.82, 2.24) is 14.7 Å². The van der Waals surface area contributed by atoms with Crippen LogP contribution in [0.25, 0.3) is 4.96 Å². The summed E-state index contributed by atoms with van der Waals surface area (Å²) in [6.07, 6.45) is 3.80. The van der Waals surface area contributed by atoms with E-state index >= 15 is 0 Å². The summed E-state index contributed by atoms with van der Waals surface area (Å²) in [6.45, 7) is 10.3. The second-order valence-corrected chi connectivity index (χ2v) is 7.98. The Hall–Kier alpha value is -1.69. The molecule has 0 aromatic carbocycles. The summed E-state index contributed by atoms with van der Waals surface area (Å²) in [4.78, 5) is 29.4. The van der Waals surface area contributed by atoms with Gasteiger partial charge in [0, 0.05) is 23.3 Å². The SMILES string of the molecule is CC(C)(C)CC(C)(C)NC(=O)c1cnc2sccn2c1=O. The first-order valence-corrected chi connectivity index (χ1v) is 7.74. The fourth-order valence-corrected chi connectivity index (χ4v) is 3.40. The lowest BCUT2D eigenvalue weighted by Gasteiger charge is -2.33. The van der Waals surface area contributed by atoms with Crippen molar-refractivity contribution in [3.8, 4) is 0 Å². The van der Waals surface area contributed by atoms with E-state index in [1.807, 2.05) is 13.8 Å². The summed E-state index contributed by atoms with van der Waals surface area (Å²) in [5.74, 6) is -0.373. The van der Waals surface area contributed by atoms with Crippen LogP contribution >= 0.6 is 11.3 Å². The van der Waals surface area contributed by atoms with Crippen LogP contribution in [0, 0.1) is 5.41 Å². The first-order chi connectivity index (χ1) is 9.59. The summed E-state index contributed by atoms with van der Waals surface area (Å²) >= 11 is 1.36. The molecule has 0 spiro atoms. The number of carbonyl (C=O) groups is 1. The summed E-state index contributed by atoms with van der Waals surface area (Å²) in [7, 11) is 0. The van der Waals surface area contributed by atoms with Gasteiger partial charge in [-0.15, -0.1) is 11.3 Å². The first kappa shape index (κ1) is 15.7. The van der Waals surface area contributed by atoms with E-state index in [-0.39, 0.29) is 22.4 Å². The van der Waals surface area contributed by atoms with Gasteiger partial charge in [-0.25, -0.2) is 4.98 Å². The van der Waals surface area contributed by atoms with E-state index in [9.17, 15) is 9.59 Å². The van der Waals surface area contributed by atoms with Crippen molar-refractivity contribution in [2.45, 2.75) is 46.6 Å². The second kappa shape index (κ2) is 5.26. The van der Waals surface area contributed by atoms with Gasteiger partial charge >= 0.3 is 0 Å². The molecule has 21 heavy (non-hydrogen) atoms. The third kappa shape index (κ3) is 3.69. The Morgan fingerprint density at radius 2 is 2.00 bits per heavy atom. The normalized spacial score (nSPS) is 12.6. The number of thiazole rings is 1. The van der Waals surface area contributed by atoms with Gasteiger partial charge in [0.25, 0.3) is 11.5 Å². The molecule has 1 amide bonds. The lowest BCUT2D eigenvalue weighted by atomic mass is 9.81. The van der Waals surface area contributed by atoms with Crippen LogP contribution in [-0.2, 0) is 0 Å². The Morgan fingerprint density at radius 3 is 2.62 bits per heavy atom. The molecular weight excluding hydrogens is 286 g/mol. The highest BCUT2D eigenvalue weighted by molar-refractivity contribution is 7.15. The minimum atomic E-state index is -0.393. The molecule has 2 aromatic heterocycles. The topological polar surface area (TPSA) is 63.5 Å². The lowest BCUT2D eigenvalue weighted by molar-refractivity contribution is 0.0889. The number of hydrogen-bond acceptors (Lipinski definition) is 4. The third-order valence-electron chi connectivity index (χ3n) is 3.01. The molecule has 0 aliphatic carbocycles. The molecule has 114 valence electrons. The molecule has 0 saturated carbocycles. The maximum Gasteiger partial charge on any atom is 0.271 e. The van der Waals surface area contributed by atoms with Gasteiger partial charge in [-0.2, -0.15) is 0 Å². The number of nitrogens with one attached hydrogen (secondary N) is 1. The van der Waals surface area contributed by atoms with Crippen LogP contribution in [0.5, 0.6) is 0 Å². The Kier molecular flexibility index (Phi) is 3.93. The van der Waals surface area contributed by atoms with E-state index in [0.29, 0.717) is 4.96 Å². The van der Waals surface area contributed by atoms with Gasteiger partial charge in [-0.3, -0.25) is 14.0 Å². The van der Waals surface area contributed by atoms with Crippen LogP contribution in [0.4, 0.5) is 0 Å². The minimum absolute atomic E-state index is 0.0767. The molecule has 0 unspecified atom stereocenters. The summed E-state index contributed by atoms with van der Waals surface area (Å²) in [6, 6.07) is 0. The Balaban J connectivity index is 2.26. The number of aromatic nitrogens is 2. The molecule has 2 aromatic rings. The van der Waals surface area contributed by atoms with E-state index in [4.69, 9.17) is 0 Å². The van der Waals surface area contributed by atoms with Crippen molar-refractivity contribution >= 4 is 22.2 Å². The van der Waals surface area contributed by atoms with Crippen LogP contribution in [0.1, 0.15) is 51.4 Å². The smallest absolute Gasteiger partial charge is 0.271 e. The van der Waals surface area contributed by atoms with E-state index < -0.39 is 5.54 Å². The molecule has 0 atom stereocenters. The number of fused-ring (bicyclic) bond motifs is 1. The molecule has 5 nitrogen and oxygen atoms in total. The third-order valence-corrected chi connectivity index (χ3v) is 3.78. The van der Waals surface area contributed by atoms with Gasteiger partial charge in [0.2, 0.25) is 0 Å².